The molecule has 0 fully saturated rings. The van der Waals surface area contributed by atoms with Crippen LogP contribution >= 0.6 is 24.0 Å². The SMILES string of the molecule is CCc1cccc(CC)c1NC(N)=NCc1cnn(C)c1.I. The number of nitrogens with two attached hydrogens (primary N) is 1. The van der Waals surface area contributed by atoms with E-state index >= 15 is 0 Å². The molecule has 0 spiro atoms. The van der Waals surface area contributed by atoms with Gasteiger partial charge in [0.15, 0.2) is 5.96 Å². The molecule has 6 heteroatoms. The van der Waals surface area contributed by atoms with Crippen molar-refractivity contribution in [3.63, 3.8) is 0 Å². The number of nitrogens with zero attached hydrogens (tertiary/aromatic N) is 3. The molecule has 0 aliphatic carbocycles. The van der Waals surface area contributed by atoms with Crippen LogP contribution in [0.2, 0.25) is 0 Å². The number of aliphatic imine (C=N–C) groups is 1. The molecule has 0 atom stereocenters. The number of benzene rings is 1. The van der Waals surface area contributed by atoms with E-state index in [-0.39, 0.29) is 24.0 Å². The summed E-state index contributed by atoms with van der Waals surface area (Å²) in [5.41, 5.74) is 10.7. The van der Waals surface area contributed by atoms with Crippen molar-refractivity contribution >= 4 is 35.6 Å². The third-order valence-electron chi connectivity index (χ3n) is 3.44. The van der Waals surface area contributed by atoms with Gasteiger partial charge in [0.1, 0.15) is 0 Å². The molecular formula is C16H24IN5. The molecule has 0 saturated heterocycles. The average Bonchev–Trinajstić information content (AvgIpc) is 2.91. The lowest BCUT2D eigenvalue weighted by atomic mass is 10.0. The molecule has 1 heterocycles. The molecule has 0 aliphatic rings. The Hall–Kier alpha value is -1.57. The Bertz CT molecular complexity index is 611. The first-order valence-electron chi connectivity index (χ1n) is 7.29. The highest BCUT2D eigenvalue weighted by atomic mass is 127. The van der Waals surface area contributed by atoms with Crippen molar-refractivity contribution < 1.29 is 0 Å². The minimum absolute atomic E-state index is 0. The maximum atomic E-state index is 6.02. The second-order valence-electron chi connectivity index (χ2n) is 5.01. The van der Waals surface area contributed by atoms with Gasteiger partial charge in [-0.15, -0.1) is 24.0 Å². The number of para-hydroxylation sites is 1. The van der Waals surface area contributed by atoms with Crippen LogP contribution in [0, 0.1) is 0 Å². The van der Waals surface area contributed by atoms with Crippen molar-refractivity contribution in [3.05, 3.63) is 47.3 Å². The fourth-order valence-electron chi connectivity index (χ4n) is 2.30. The summed E-state index contributed by atoms with van der Waals surface area (Å²) in [5.74, 6) is 0.439. The van der Waals surface area contributed by atoms with Crippen LogP contribution in [0.25, 0.3) is 0 Å². The zero-order valence-corrected chi connectivity index (χ0v) is 15.7. The van der Waals surface area contributed by atoms with Gasteiger partial charge in [-0.25, -0.2) is 4.99 Å². The van der Waals surface area contributed by atoms with Crippen molar-refractivity contribution in [2.45, 2.75) is 33.2 Å². The molecule has 1 aromatic heterocycles. The van der Waals surface area contributed by atoms with Crippen LogP contribution in [0.1, 0.15) is 30.5 Å². The summed E-state index contributed by atoms with van der Waals surface area (Å²) < 4.78 is 1.76. The van der Waals surface area contributed by atoms with Crippen LogP contribution in [-0.2, 0) is 26.4 Å². The molecule has 2 aromatic rings. The van der Waals surface area contributed by atoms with E-state index in [2.05, 4.69) is 47.5 Å². The second kappa shape index (κ2) is 8.77. The number of rotatable bonds is 5. The van der Waals surface area contributed by atoms with Gasteiger partial charge in [-0.1, -0.05) is 32.0 Å². The van der Waals surface area contributed by atoms with E-state index in [1.54, 1.807) is 10.9 Å². The molecule has 0 unspecified atom stereocenters. The van der Waals surface area contributed by atoms with Gasteiger partial charge in [0.2, 0.25) is 0 Å². The predicted octanol–water partition coefficient (Wildman–Crippen LogP) is 3.09. The quantitative estimate of drug-likeness (QED) is 0.450. The van der Waals surface area contributed by atoms with Gasteiger partial charge >= 0.3 is 0 Å². The van der Waals surface area contributed by atoms with Crippen LogP contribution in [0.15, 0.2) is 35.6 Å². The number of guanidine groups is 1. The van der Waals surface area contributed by atoms with Crippen molar-refractivity contribution in [1.29, 1.82) is 0 Å². The number of nitrogens with one attached hydrogen (secondary N) is 1. The standard InChI is InChI=1S/C16H23N5.HI/c1-4-13-7-6-8-14(5-2)15(13)20-16(17)18-9-12-10-19-21(3)11-12;/h6-8,10-11H,4-5,9H2,1-3H3,(H3,17,18,20);1H. The Balaban J connectivity index is 0.00000242. The lowest BCUT2D eigenvalue weighted by molar-refractivity contribution is 0.767. The molecule has 0 amide bonds. The zero-order valence-electron chi connectivity index (χ0n) is 13.3. The Morgan fingerprint density at radius 2 is 1.91 bits per heavy atom. The summed E-state index contributed by atoms with van der Waals surface area (Å²) in [5, 5.41) is 7.38. The molecule has 5 nitrogen and oxygen atoms in total. The molecule has 120 valence electrons. The normalized spacial score (nSPS) is 11.1. The van der Waals surface area contributed by atoms with Gasteiger partial charge in [0.25, 0.3) is 0 Å². The molecule has 22 heavy (non-hydrogen) atoms. The Kier molecular flexibility index (Phi) is 7.37. The number of halogens is 1. The third-order valence-corrected chi connectivity index (χ3v) is 3.44. The van der Waals surface area contributed by atoms with Crippen molar-refractivity contribution in [1.82, 2.24) is 9.78 Å². The summed E-state index contributed by atoms with van der Waals surface area (Å²) >= 11 is 0. The lowest BCUT2D eigenvalue weighted by Gasteiger charge is -2.14. The molecule has 0 aliphatic heterocycles. The van der Waals surface area contributed by atoms with E-state index in [1.165, 1.54) is 11.1 Å². The Labute approximate surface area is 149 Å². The largest absolute Gasteiger partial charge is 0.370 e. The minimum Gasteiger partial charge on any atom is -0.370 e. The smallest absolute Gasteiger partial charge is 0.193 e. The van der Waals surface area contributed by atoms with Crippen LogP contribution in [0.5, 0.6) is 0 Å². The molecule has 0 bridgehead atoms. The van der Waals surface area contributed by atoms with Gasteiger partial charge in [0, 0.05) is 24.5 Å². The van der Waals surface area contributed by atoms with E-state index in [4.69, 9.17) is 5.73 Å². The van der Waals surface area contributed by atoms with Gasteiger partial charge in [-0.3, -0.25) is 4.68 Å². The van der Waals surface area contributed by atoms with Gasteiger partial charge in [0.05, 0.1) is 12.7 Å². The summed E-state index contributed by atoms with van der Waals surface area (Å²) in [7, 11) is 1.89. The van der Waals surface area contributed by atoms with E-state index in [9.17, 15) is 0 Å². The summed E-state index contributed by atoms with van der Waals surface area (Å²) in [6, 6.07) is 6.33. The number of hydrogen-bond donors (Lipinski definition) is 2. The monoisotopic (exact) mass is 413 g/mol. The fourth-order valence-corrected chi connectivity index (χ4v) is 2.30. The summed E-state index contributed by atoms with van der Waals surface area (Å²) in [6.45, 7) is 4.81. The van der Waals surface area contributed by atoms with Gasteiger partial charge in [-0.05, 0) is 24.0 Å². The van der Waals surface area contributed by atoms with Crippen molar-refractivity contribution in [3.8, 4) is 0 Å². The van der Waals surface area contributed by atoms with E-state index in [0.717, 1.165) is 24.1 Å². The Morgan fingerprint density at radius 3 is 2.41 bits per heavy atom. The maximum absolute atomic E-state index is 6.02. The molecule has 2 rings (SSSR count). The first-order valence-corrected chi connectivity index (χ1v) is 7.29. The van der Waals surface area contributed by atoms with E-state index in [0.29, 0.717) is 12.5 Å². The van der Waals surface area contributed by atoms with Crippen LogP contribution < -0.4 is 11.1 Å². The number of aryl methyl sites for hydroxylation is 3. The average molecular weight is 413 g/mol. The van der Waals surface area contributed by atoms with Crippen molar-refractivity contribution in [2.75, 3.05) is 5.32 Å². The first-order chi connectivity index (χ1) is 10.1. The molecule has 3 N–H and O–H groups in total. The fraction of sp³-hybridized carbons (Fsp3) is 0.375. The van der Waals surface area contributed by atoms with Gasteiger partial charge < -0.3 is 11.1 Å². The van der Waals surface area contributed by atoms with E-state index in [1.807, 2.05) is 13.2 Å². The minimum atomic E-state index is 0. The maximum Gasteiger partial charge on any atom is 0.193 e. The predicted molar refractivity (Wildman–Crippen MR) is 103 cm³/mol. The Morgan fingerprint density at radius 1 is 1.27 bits per heavy atom. The van der Waals surface area contributed by atoms with Crippen LogP contribution in [-0.4, -0.2) is 15.7 Å². The highest BCUT2D eigenvalue weighted by molar-refractivity contribution is 14.0. The summed E-state index contributed by atoms with van der Waals surface area (Å²) in [4.78, 5) is 4.38. The van der Waals surface area contributed by atoms with Crippen molar-refractivity contribution in [2.24, 2.45) is 17.8 Å². The summed E-state index contributed by atoms with van der Waals surface area (Å²) in [6.07, 6.45) is 5.67. The number of anilines is 1. The molecular weight excluding hydrogens is 389 g/mol. The number of aromatic nitrogens is 2. The number of hydrogen-bond acceptors (Lipinski definition) is 2. The third kappa shape index (κ3) is 4.72. The topological polar surface area (TPSA) is 68.2 Å². The molecule has 0 saturated carbocycles. The van der Waals surface area contributed by atoms with Crippen LogP contribution in [0.3, 0.4) is 0 Å². The lowest BCUT2D eigenvalue weighted by Crippen LogP contribution is -2.24. The highest BCUT2D eigenvalue weighted by Gasteiger charge is 2.07. The zero-order chi connectivity index (χ0) is 15.2. The second-order valence-corrected chi connectivity index (χ2v) is 5.01. The van der Waals surface area contributed by atoms with E-state index < -0.39 is 0 Å². The highest BCUT2D eigenvalue weighted by Crippen LogP contribution is 2.22. The molecule has 0 radical (unpaired) electrons. The van der Waals surface area contributed by atoms with Crippen LogP contribution in [0.4, 0.5) is 5.69 Å². The van der Waals surface area contributed by atoms with Gasteiger partial charge in [-0.2, -0.15) is 5.10 Å². The molecule has 1 aromatic carbocycles. The first kappa shape index (κ1) is 18.5.